The molecular formula is C11H21NO. The molecule has 13 heavy (non-hydrogen) atoms. The van der Waals surface area contributed by atoms with E-state index in [1.54, 1.807) is 0 Å². The van der Waals surface area contributed by atoms with E-state index in [1.165, 1.54) is 38.6 Å². The maximum absolute atomic E-state index is 8.98. The van der Waals surface area contributed by atoms with Gasteiger partial charge in [0.2, 0.25) is 0 Å². The van der Waals surface area contributed by atoms with E-state index in [-0.39, 0.29) is 0 Å². The summed E-state index contributed by atoms with van der Waals surface area (Å²) in [6, 6.07) is 0.731. The van der Waals surface area contributed by atoms with E-state index in [9.17, 15) is 0 Å². The van der Waals surface area contributed by atoms with Crippen molar-refractivity contribution in [3.8, 4) is 0 Å². The predicted octanol–water partition coefficient (Wildman–Crippen LogP) is 1.54. The Hall–Kier alpha value is -0.0800. The van der Waals surface area contributed by atoms with Crippen molar-refractivity contribution < 1.29 is 5.11 Å². The van der Waals surface area contributed by atoms with E-state index in [1.807, 2.05) is 0 Å². The summed E-state index contributed by atoms with van der Waals surface area (Å²) in [6.45, 7) is 1.57. The zero-order valence-electron chi connectivity index (χ0n) is 8.34. The Bertz CT molecular complexity index is 156. The molecule has 2 aliphatic rings. The molecule has 2 heteroatoms. The summed E-state index contributed by atoms with van der Waals surface area (Å²) in [6.07, 6.45) is 7.91. The van der Waals surface area contributed by atoms with Crippen LogP contribution in [0, 0.1) is 11.8 Å². The maximum atomic E-state index is 8.98. The third-order valence-electron chi connectivity index (χ3n) is 3.80. The first kappa shape index (κ1) is 9.47. The molecule has 1 saturated carbocycles. The lowest BCUT2D eigenvalue weighted by Gasteiger charge is -2.42. The molecule has 0 amide bonds. The average Bonchev–Trinajstić information content (AvgIpc) is 2.19. The lowest BCUT2D eigenvalue weighted by atomic mass is 9.72. The molecule has 0 aromatic heterocycles. The summed E-state index contributed by atoms with van der Waals surface area (Å²) in [5.41, 5.74) is 0. The minimum atomic E-state index is 0.371. The normalized spacial score (nSPS) is 39.9. The topological polar surface area (TPSA) is 32.3 Å². The Labute approximate surface area is 80.7 Å². The fourth-order valence-electron chi connectivity index (χ4n) is 3.17. The molecule has 0 radical (unpaired) electrons. The summed E-state index contributed by atoms with van der Waals surface area (Å²) in [4.78, 5) is 0. The van der Waals surface area contributed by atoms with Crippen molar-refractivity contribution in [2.45, 2.75) is 44.6 Å². The third kappa shape index (κ3) is 2.05. The molecule has 0 aromatic rings. The summed E-state index contributed by atoms with van der Waals surface area (Å²) < 4.78 is 0. The van der Waals surface area contributed by atoms with Gasteiger partial charge in [-0.15, -0.1) is 0 Å². The van der Waals surface area contributed by atoms with Gasteiger partial charge in [0.25, 0.3) is 0 Å². The summed E-state index contributed by atoms with van der Waals surface area (Å²) >= 11 is 0. The molecule has 2 rings (SSSR count). The van der Waals surface area contributed by atoms with Crippen LogP contribution in [-0.4, -0.2) is 24.3 Å². The molecule has 2 N–H and O–H groups in total. The highest BCUT2D eigenvalue weighted by Gasteiger charge is 2.33. The van der Waals surface area contributed by atoms with E-state index in [2.05, 4.69) is 5.32 Å². The Morgan fingerprint density at radius 2 is 2.00 bits per heavy atom. The van der Waals surface area contributed by atoms with Gasteiger partial charge in [0, 0.05) is 12.6 Å². The monoisotopic (exact) mass is 183 g/mol. The van der Waals surface area contributed by atoms with Crippen LogP contribution in [0.25, 0.3) is 0 Å². The molecular weight excluding hydrogens is 162 g/mol. The van der Waals surface area contributed by atoms with E-state index in [0.29, 0.717) is 6.61 Å². The van der Waals surface area contributed by atoms with Gasteiger partial charge in [-0.05, 0) is 50.5 Å². The van der Waals surface area contributed by atoms with Gasteiger partial charge < -0.3 is 10.4 Å². The van der Waals surface area contributed by atoms with Crippen molar-refractivity contribution in [3.05, 3.63) is 0 Å². The van der Waals surface area contributed by atoms with Gasteiger partial charge in [-0.1, -0.05) is 6.42 Å². The predicted molar refractivity (Wildman–Crippen MR) is 53.6 cm³/mol. The van der Waals surface area contributed by atoms with Crippen LogP contribution in [0.2, 0.25) is 0 Å². The molecule has 0 spiro atoms. The number of aliphatic hydroxyl groups is 1. The van der Waals surface area contributed by atoms with Gasteiger partial charge in [0.05, 0.1) is 0 Å². The molecule has 1 heterocycles. The second kappa shape index (κ2) is 4.43. The molecule has 1 aliphatic carbocycles. The van der Waals surface area contributed by atoms with Crippen LogP contribution in [0.15, 0.2) is 0 Å². The molecule has 0 unspecified atom stereocenters. The Morgan fingerprint density at radius 1 is 1.15 bits per heavy atom. The van der Waals surface area contributed by atoms with E-state index < -0.39 is 0 Å². The highest BCUT2D eigenvalue weighted by atomic mass is 16.3. The molecule has 0 aromatic carbocycles. The first-order valence-corrected chi connectivity index (χ1v) is 5.76. The zero-order valence-corrected chi connectivity index (χ0v) is 8.34. The maximum Gasteiger partial charge on any atom is 0.0434 e. The van der Waals surface area contributed by atoms with Crippen molar-refractivity contribution in [1.82, 2.24) is 5.32 Å². The van der Waals surface area contributed by atoms with E-state index in [0.717, 1.165) is 24.3 Å². The van der Waals surface area contributed by atoms with Gasteiger partial charge in [0.1, 0.15) is 0 Å². The molecule has 0 bridgehead atoms. The summed E-state index contributed by atoms with van der Waals surface area (Å²) in [7, 11) is 0. The van der Waals surface area contributed by atoms with Crippen molar-refractivity contribution in [2.24, 2.45) is 11.8 Å². The SMILES string of the molecule is OCC[C@H]1CCC[C@@H]2CCCN[C@@H]21. The number of hydrogen-bond donors (Lipinski definition) is 2. The lowest BCUT2D eigenvalue weighted by Crippen LogP contribution is -2.48. The van der Waals surface area contributed by atoms with Gasteiger partial charge in [0.15, 0.2) is 0 Å². The smallest absolute Gasteiger partial charge is 0.0434 e. The van der Waals surface area contributed by atoms with Crippen molar-refractivity contribution in [2.75, 3.05) is 13.2 Å². The Kier molecular flexibility index (Phi) is 3.23. The standard InChI is InChI=1S/C11H21NO/c13-8-6-10-4-1-3-9-5-2-7-12-11(9)10/h9-13H,1-8H2/t9-,10-,11+/m1/s1. The third-order valence-corrected chi connectivity index (χ3v) is 3.80. The van der Waals surface area contributed by atoms with Gasteiger partial charge in [-0.25, -0.2) is 0 Å². The summed E-state index contributed by atoms with van der Waals surface area (Å²) in [5, 5.41) is 12.6. The van der Waals surface area contributed by atoms with Crippen LogP contribution in [0.5, 0.6) is 0 Å². The second-order valence-corrected chi connectivity index (χ2v) is 4.59. The quantitative estimate of drug-likeness (QED) is 0.680. The van der Waals surface area contributed by atoms with Crippen LogP contribution in [0.1, 0.15) is 38.5 Å². The number of rotatable bonds is 2. The van der Waals surface area contributed by atoms with Gasteiger partial charge >= 0.3 is 0 Å². The minimum absolute atomic E-state index is 0.371. The fraction of sp³-hybridized carbons (Fsp3) is 1.00. The van der Waals surface area contributed by atoms with Crippen LogP contribution < -0.4 is 5.32 Å². The van der Waals surface area contributed by atoms with E-state index >= 15 is 0 Å². The Balaban J connectivity index is 1.94. The number of aliphatic hydroxyl groups excluding tert-OH is 1. The molecule has 1 saturated heterocycles. The molecule has 2 fully saturated rings. The minimum Gasteiger partial charge on any atom is -0.396 e. The van der Waals surface area contributed by atoms with Crippen LogP contribution >= 0.6 is 0 Å². The number of piperidine rings is 1. The molecule has 76 valence electrons. The van der Waals surface area contributed by atoms with Crippen molar-refractivity contribution in [3.63, 3.8) is 0 Å². The van der Waals surface area contributed by atoms with Crippen LogP contribution in [-0.2, 0) is 0 Å². The summed E-state index contributed by atoms with van der Waals surface area (Å²) in [5.74, 6) is 1.67. The van der Waals surface area contributed by atoms with Gasteiger partial charge in [-0.3, -0.25) is 0 Å². The van der Waals surface area contributed by atoms with Crippen molar-refractivity contribution in [1.29, 1.82) is 0 Å². The highest BCUT2D eigenvalue weighted by Crippen LogP contribution is 2.35. The first-order chi connectivity index (χ1) is 6.42. The number of fused-ring (bicyclic) bond motifs is 1. The molecule has 1 aliphatic heterocycles. The second-order valence-electron chi connectivity index (χ2n) is 4.59. The van der Waals surface area contributed by atoms with E-state index in [4.69, 9.17) is 5.11 Å². The number of hydrogen-bond acceptors (Lipinski definition) is 2. The fourth-order valence-corrected chi connectivity index (χ4v) is 3.17. The Morgan fingerprint density at radius 3 is 2.85 bits per heavy atom. The highest BCUT2D eigenvalue weighted by molar-refractivity contribution is 4.90. The average molecular weight is 183 g/mol. The zero-order chi connectivity index (χ0) is 9.10. The molecule has 2 nitrogen and oxygen atoms in total. The molecule has 3 atom stereocenters. The first-order valence-electron chi connectivity index (χ1n) is 5.76. The number of nitrogens with one attached hydrogen (secondary N) is 1. The van der Waals surface area contributed by atoms with Crippen LogP contribution in [0.4, 0.5) is 0 Å². The van der Waals surface area contributed by atoms with Crippen LogP contribution in [0.3, 0.4) is 0 Å². The largest absolute Gasteiger partial charge is 0.396 e. The van der Waals surface area contributed by atoms with Gasteiger partial charge in [-0.2, -0.15) is 0 Å². The lowest BCUT2D eigenvalue weighted by molar-refractivity contribution is 0.121. The van der Waals surface area contributed by atoms with Crippen molar-refractivity contribution >= 4 is 0 Å².